The predicted molar refractivity (Wildman–Crippen MR) is 133 cm³/mol. The summed E-state index contributed by atoms with van der Waals surface area (Å²) in [6.07, 6.45) is -4.80. The first kappa shape index (κ1) is 27.9. The summed E-state index contributed by atoms with van der Waals surface area (Å²) >= 11 is 1.18. The van der Waals surface area contributed by atoms with Crippen LogP contribution in [0.3, 0.4) is 0 Å². The molecule has 6 nitrogen and oxygen atoms in total. The predicted octanol–water partition coefficient (Wildman–Crippen LogP) is 4.52. The summed E-state index contributed by atoms with van der Waals surface area (Å²) in [6, 6.07) is 9.27. The van der Waals surface area contributed by atoms with E-state index in [1.807, 2.05) is 0 Å². The van der Waals surface area contributed by atoms with E-state index >= 15 is 0 Å². The molecule has 1 fully saturated rings. The molecule has 0 aliphatic carbocycles. The van der Waals surface area contributed by atoms with Crippen LogP contribution in [0.25, 0.3) is 0 Å². The van der Waals surface area contributed by atoms with Crippen LogP contribution < -0.4 is 4.90 Å². The second-order valence-electron chi connectivity index (χ2n) is 9.64. The minimum atomic E-state index is -4.80. The molecule has 1 aliphatic rings. The minimum absolute atomic E-state index is 0.211. The second kappa shape index (κ2) is 10.4. The van der Waals surface area contributed by atoms with Gasteiger partial charge in [-0.1, -0.05) is 18.2 Å². The number of hydrogen-bond donors (Lipinski definition) is 1. The molecule has 0 spiro atoms. The number of anilines is 1. The largest absolute Gasteiger partial charge is 0.421 e. The Morgan fingerprint density at radius 1 is 1.09 bits per heavy atom. The number of piperazine rings is 1. The highest BCUT2D eigenvalue weighted by atomic mass is 32.2. The molecule has 1 aromatic carbocycles. The van der Waals surface area contributed by atoms with Gasteiger partial charge in [0.15, 0.2) is 5.60 Å². The number of sulfonamides is 1. The summed E-state index contributed by atoms with van der Waals surface area (Å²) in [5, 5.41) is 11.7. The van der Waals surface area contributed by atoms with Crippen molar-refractivity contribution in [3.8, 4) is 0 Å². The van der Waals surface area contributed by atoms with Gasteiger partial charge in [0, 0.05) is 44.0 Å². The number of benzene rings is 1. The van der Waals surface area contributed by atoms with Crippen LogP contribution in [0.1, 0.15) is 40.2 Å². The van der Waals surface area contributed by atoms with E-state index in [1.165, 1.54) is 27.8 Å². The van der Waals surface area contributed by atoms with E-state index in [1.54, 1.807) is 29.6 Å². The van der Waals surface area contributed by atoms with E-state index in [0.29, 0.717) is 23.0 Å². The van der Waals surface area contributed by atoms with Gasteiger partial charge in [-0.15, -0.1) is 11.3 Å². The SMILES string of the molecule is CC(C)N(CC1CN(S(=O)(=O)c2cccs2)CCN1c1ccc(C(C)(O)C(F)(F)F)cc1)C(C)C. The fourth-order valence-electron chi connectivity index (χ4n) is 4.48. The maximum Gasteiger partial charge on any atom is 0.421 e. The Balaban J connectivity index is 1.92. The molecule has 11 heteroatoms. The third-order valence-electron chi connectivity index (χ3n) is 6.60. The van der Waals surface area contributed by atoms with Crippen molar-refractivity contribution in [1.82, 2.24) is 9.21 Å². The molecule has 35 heavy (non-hydrogen) atoms. The Labute approximate surface area is 210 Å². The van der Waals surface area contributed by atoms with Crippen LogP contribution >= 0.6 is 11.3 Å². The first-order chi connectivity index (χ1) is 16.2. The highest BCUT2D eigenvalue weighted by Gasteiger charge is 2.51. The molecule has 196 valence electrons. The van der Waals surface area contributed by atoms with Crippen molar-refractivity contribution in [3.63, 3.8) is 0 Å². The maximum atomic E-state index is 13.3. The van der Waals surface area contributed by atoms with Crippen LogP contribution in [0.15, 0.2) is 46.0 Å². The quantitative estimate of drug-likeness (QED) is 0.541. The third kappa shape index (κ3) is 5.85. The van der Waals surface area contributed by atoms with Crippen LogP contribution in [0.5, 0.6) is 0 Å². The molecule has 2 atom stereocenters. The average Bonchev–Trinajstić information content (AvgIpc) is 3.32. The molecule has 1 saturated heterocycles. The smallest absolute Gasteiger partial charge is 0.376 e. The number of rotatable bonds is 8. The number of aliphatic hydroxyl groups is 1. The van der Waals surface area contributed by atoms with Crippen molar-refractivity contribution in [2.24, 2.45) is 0 Å². The lowest BCUT2D eigenvalue weighted by atomic mass is 9.95. The Kier molecular flexibility index (Phi) is 8.27. The van der Waals surface area contributed by atoms with Gasteiger partial charge in [0.2, 0.25) is 0 Å². The van der Waals surface area contributed by atoms with Crippen LogP contribution in [0.2, 0.25) is 0 Å². The molecule has 0 saturated carbocycles. The van der Waals surface area contributed by atoms with Gasteiger partial charge in [-0.25, -0.2) is 8.42 Å². The molecule has 2 aromatic rings. The number of hydrogen-bond acceptors (Lipinski definition) is 6. The zero-order valence-corrected chi connectivity index (χ0v) is 22.3. The first-order valence-electron chi connectivity index (χ1n) is 11.6. The van der Waals surface area contributed by atoms with Crippen LogP contribution in [0, 0.1) is 0 Å². The van der Waals surface area contributed by atoms with Gasteiger partial charge in [-0.05, 0) is 63.8 Å². The highest BCUT2D eigenvalue weighted by molar-refractivity contribution is 7.91. The summed E-state index contributed by atoms with van der Waals surface area (Å²) < 4.78 is 68.0. The van der Waals surface area contributed by atoms with E-state index in [9.17, 15) is 26.7 Å². The molecule has 0 amide bonds. The van der Waals surface area contributed by atoms with Crippen molar-refractivity contribution in [3.05, 3.63) is 47.3 Å². The third-order valence-corrected chi connectivity index (χ3v) is 9.83. The maximum absolute atomic E-state index is 13.3. The van der Waals surface area contributed by atoms with E-state index in [4.69, 9.17) is 0 Å². The number of nitrogens with zero attached hydrogens (tertiary/aromatic N) is 3. The lowest BCUT2D eigenvalue weighted by molar-refractivity contribution is -0.258. The fraction of sp³-hybridized carbons (Fsp3) is 0.583. The Morgan fingerprint density at radius 2 is 1.69 bits per heavy atom. The van der Waals surface area contributed by atoms with Gasteiger partial charge in [-0.3, -0.25) is 4.90 Å². The fourth-order valence-corrected chi connectivity index (χ4v) is 7.09. The molecule has 1 N–H and O–H groups in total. The standard InChI is InChI=1S/C24H34F3N3O3S2/c1-17(2)30(18(3)4)16-21-15-28(35(32,33)22-7-6-14-34-22)12-13-29(21)20-10-8-19(9-11-20)23(5,31)24(25,26)27/h6-11,14,17-18,21,31H,12-13,15-16H2,1-5H3. The second-order valence-corrected chi connectivity index (χ2v) is 12.8. The van der Waals surface area contributed by atoms with Crippen LogP contribution in [-0.2, 0) is 15.6 Å². The molecule has 1 aliphatic heterocycles. The lowest BCUT2D eigenvalue weighted by Crippen LogP contribution is -2.59. The van der Waals surface area contributed by atoms with Gasteiger partial charge in [0.1, 0.15) is 4.21 Å². The first-order valence-corrected chi connectivity index (χ1v) is 13.9. The molecular weight excluding hydrogens is 499 g/mol. The van der Waals surface area contributed by atoms with Crippen LogP contribution in [-0.4, -0.2) is 73.2 Å². The zero-order valence-electron chi connectivity index (χ0n) is 20.7. The molecule has 0 radical (unpaired) electrons. The number of halogens is 3. The molecule has 3 rings (SSSR count). The van der Waals surface area contributed by atoms with E-state index in [2.05, 4.69) is 37.5 Å². The van der Waals surface area contributed by atoms with Gasteiger partial charge < -0.3 is 10.0 Å². The summed E-state index contributed by atoms with van der Waals surface area (Å²) in [5.41, 5.74) is -2.50. The van der Waals surface area contributed by atoms with Crippen LogP contribution in [0.4, 0.5) is 18.9 Å². The molecule has 2 unspecified atom stereocenters. The molecule has 0 bridgehead atoms. The Bertz CT molecular complexity index is 1060. The van der Waals surface area contributed by atoms with E-state index in [0.717, 1.165) is 6.92 Å². The molecular formula is C24H34F3N3O3S2. The van der Waals surface area contributed by atoms with Crippen molar-refractivity contribution in [1.29, 1.82) is 0 Å². The monoisotopic (exact) mass is 533 g/mol. The topological polar surface area (TPSA) is 64.1 Å². The lowest BCUT2D eigenvalue weighted by Gasteiger charge is -2.45. The zero-order chi connectivity index (χ0) is 26.2. The van der Waals surface area contributed by atoms with Gasteiger partial charge in [-0.2, -0.15) is 17.5 Å². The van der Waals surface area contributed by atoms with Gasteiger partial charge in [0.25, 0.3) is 10.0 Å². The van der Waals surface area contributed by atoms with Crippen molar-refractivity contribution in [2.45, 2.75) is 68.7 Å². The Hall–Kier alpha value is -1.66. The van der Waals surface area contributed by atoms with Crippen molar-refractivity contribution >= 4 is 27.0 Å². The Morgan fingerprint density at radius 3 is 2.17 bits per heavy atom. The van der Waals surface area contributed by atoms with Crippen molar-refractivity contribution in [2.75, 3.05) is 31.1 Å². The average molecular weight is 534 g/mol. The molecule has 1 aromatic heterocycles. The number of thiophene rings is 1. The van der Waals surface area contributed by atoms with E-state index < -0.39 is 21.8 Å². The minimum Gasteiger partial charge on any atom is -0.376 e. The molecule has 2 heterocycles. The normalized spacial score (nSPS) is 20.1. The van der Waals surface area contributed by atoms with Crippen molar-refractivity contribution < 1.29 is 26.7 Å². The summed E-state index contributed by atoms with van der Waals surface area (Å²) in [6.45, 7) is 10.6. The van der Waals surface area contributed by atoms with Gasteiger partial charge in [0.05, 0.1) is 6.04 Å². The number of alkyl halides is 3. The summed E-state index contributed by atoms with van der Waals surface area (Å²) in [4.78, 5) is 4.34. The summed E-state index contributed by atoms with van der Waals surface area (Å²) in [5.74, 6) is 0. The van der Waals surface area contributed by atoms with E-state index in [-0.39, 0.29) is 36.8 Å². The van der Waals surface area contributed by atoms with Gasteiger partial charge >= 0.3 is 6.18 Å². The highest BCUT2D eigenvalue weighted by Crippen LogP contribution is 2.39. The summed E-state index contributed by atoms with van der Waals surface area (Å²) in [7, 11) is -3.63.